The third-order valence-corrected chi connectivity index (χ3v) is 5.22. The first-order valence-electron chi connectivity index (χ1n) is 9.80. The second-order valence-corrected chi connectivity index (χ2v) is 7.77. The monoisotopic (exact) mass is 440 g/mol. The predicted molar refractivity (Wildman–Crippen MR) is 120 cm³/mol. The van der Waals surface area contributed by atoms with Gasteiger partial charge in [0.1, 0.15) is 11.8 Å². The van der Waals surface area contributed by atoms with Crippen LogP contribution >= 0.6 is 11.8 Å². The van der Waals surface area contributed by atoms with Crippen molar-refractivity contribution in [2.75, 3.05) is 25.2 Å². The highest BCUT2D eigenvalue weighted by Gasteiger charge is 2.24. The standard InChI is InChI=1S/C23H24N2O5S/c1-31-12-11-20(25-22(27)15-29-16-7-3-2-4-8-16)23(28)30-14-21(26)18-13-24-19-10-6-5-9-17(18)19/h2-10,13,20,24H,11-12,14-15H2,1H3,(H,25,27). The summed E-state index contributed by atoms with van der Waals surface area (Å²) in [4.78, 5) is 40.4. The molecular formula is C23H24N2O5S. The number of aromatic nitrogens is 1. The number of H-pyrrole nitrogens is 1. The molecule has 0 bridgehead atoms. The summed E-state index contributed by atoms with van der Waals surface area (Å²) in [7, 11) is 0. The molecule has 3 rings (SSSR count). The van der Waals surface area contributed by atoms with Crippen LogP contribution in [0.5, 0.6) is 5.75 Å². The van der Waals surface area contributed by atoms with Crippen LogP contribution < -0.4 is 10.1 Å². The van der Waals surface area contributed by atoms with Crippen molar-refractivity contribution in [3.05, 3.63) is 66.4 Å². The molecule has 0 fully saturated rings. The average Bonchev–Trinajstić information content (AvgIpc) is 3.23. The zero-order valence-electron chi connectivity index (χ0n) is 17.1. The van der Waals surface area contributed by atoms with Crippen molar-refractivity contribution >= 4 is 40.3 Å². The van der Waals surface area contributed by atoms with Crippen LogP contribution in [0.4, 0.5) is 0 Å². The highest BCUT2D eigenvalue weighted by Crippen LogP contribution is 2.18. The lowest BCUT2D eigenvalue weighted by Gasteiger charge is -2.17. The molecule has 0 spiro atoms. The maximum absolute atomic E-state index is 12.5. The Balaban J connectivity index is 1.54. The maximum Gasteiger partial charge on any atom is 0.329 e. The Morgan fingerprint density at radius 2 is 1.77 bits per heavy atom. The quantitative estimate of drug-likeness (QED) is 0.351. The zero-order chi connectivity index (χ0) is 22.1. The first kappa shape index (κ1) is 22.4. The van der Waals surface area contributed by atoms with Gasteiger partial charge in [-0.15, -0.1) is 0 Å². The summed E-state index contributed by atoms with van der Waals surface area (Å²) in [6.07, 6.45) is 3.90. The van der Waals surface area contributed by atoms with Gasteiger partial charge in [-0.1, -0.05) is 36.4 Å². The summed E-state index contributed by atoms with van der Waals surface area (Å²) in [5, 5.41) is 3.41. The lowest BCUT2D eigenvalue weighted by atomic mass is 10.1. The van der Waals surface area contributed by atoms with E-state index in [2.05, 4.69) is 10.3 Å². The van der Waals surface area contributed by atoms with E-state index in [1.54, 1.807) is 42.2 Å². The van der Waals surface area contributed by atoms with E-state index >= 15 is 0 Å². The average molecular weight is 441 g/mol. The van der Waals surface area contributed by atoms with Crippen molar-refractivity contribution in [3.8, 4) is 5.75 Å². The molecule has 0 radical (unpaired) electrons. The molecular weight excluding hydrogens is 416 g/mol. The number of hydrogen-bond donors (Lipinski definition) is 2. The molecule has 162 valence electrons. The van der Waals surface area contributed by atoms with Gasteiger partial charge < -0.3 is 19.8 Å². The number of fused-ring (bicyclic) bond motifs is 1. The van der Waals surface area contributed by atoms with E-state index in [4.69, 9.17) is 9.47 Å². The summed E-state index contributed by atoms with van der Waals surface area (Å²) in [5.41, 5.74) is 1.30. The number of ketones is 1. The topological polar surface area (TPSA) is 97.5 Å². The first-order chi connectivity index (χ1) is 15.1. The minimum Gasteiger partial charge on any atom is -0.484 e. The molecule has 0 aliphatic heterocycles. The van der Waals surface area contributed by atoms with Gasteiger partial charge in [-0.05, 0) is 36.6 Å². The Hall–Kier alpha value is -3.26. The van der Waals surface area contributed by atoms with Gasteiger partial charge in [-0.25, -0.2) is 4.79 Å². The summed E-state index contributed by atoms with van der Waals surface area (Å²) in [5.74, 6) is -0.181. The number of thioether (sulfide) groups is 1. The maximum atomic E-state index is 12.5. The lowest BCUT2D eigenvalue weighted by molar-refractivity contribution is -0.147. The number of hydrogen-bond acceptors (Lipinski definition) is 6. The lowest BCUT2D eigenvalue weighted by Crippen LogP contribution is -2.44. The van der Waals surface area contributed by atoms with Gasteiger partial charge in [0, 0.05) is 22.7 Å². The molecule has 2 N–H and O–H groups in total. The summed E-state index contributed by atoms with van der Waals surface area (Å²) in [6.45, 7) is -0.617. The van der Waals surface area contributed by atoms with Crippen LogP contribution in [0.2, 0.25) is 0 Å². The zero-order valence-corrected chi connectivity index (χ0v) is 17.9. The SMILES string of the molecule is CSCCC(NC(=O)COc1ccccc1)C(=O)OCC(=O)c1c[nH]c2ccccc12. The minimum absolute atomic E-state index is 0.221. The fourth-order valence-electron chi connectivity index (χ4n) is 3.00. The van der Waals surface area contributed by atoms with E-state index in [0.717, 1.165) is 10.9 Å². The summed E-state index contributed by atoms with van der Waals surface area (Å²) in [6, 6.07) is 15.5. The molecule has 1 aromatic heterocycles. The van der Waals surface area contributed by atoms with Crippen LogP contribution in [0.25, 0.3) is 10.9 Å². The van der Waals surface area contributed by atoms with E-state index in [-0.39, 0.29) is 12.4 Å². The number of rotatable bonds is 11. The predicted octanol–water partition coefficient (Wildman–Crippen LogP) is 3.21. The molecule has 0 saturated carbocycles. The van der Waals surface area contributed by atoms with Crippen molar-refractivity contribution in [1.29, 1.82) is 0 Å². The number of aromatic amines is 1. The van der Waals surface area contributed by atoms with E-state index in [0.29, 0.717) is 23.5 Å². The van der Waals surface area contributed by atoms with Gasteiger partial charge in [0.25, 0.3) is 5.91 Å². The van der Waals surface area contributed by atoms with Crippen LogP contribution in [0.3, 0.4) is 0 Å². The highest BCUT2D eigenvalue weighted by atomic mass is 32.2. The molecule has 3 aromatic rings. The van der Waals surface area contributed by atoms with E-state index in [1.165, 1.54) is 0 Å². The van der Waals surface area contributed by atoms with Gasteiger partial charge in [0.2, 0.25) is 5.78 Å². The van der Waals surface area contributed by atoms with E-state index in [1.807, 2.05) is 36.6 Å². The summed E-state index contributed by atoms with van der Waals surface area (Å²) < 4.78 is 10.6. The number of Topliss-reactive ketones (excluding diaryl/α,β-unsaturated/α-hetero) is 1. The van der Waals surface area contributed by atoms with Crippen molar-refractivity contribution in [2.45, 2.75) is 12.5 Å². The Morgan fingerprint density at radius 1 is 1.03 bits per heavy atom. The van der Waals surface area contributed by atoms with Crippen LogP contribution in [0.1, 0.15) is 16.8 Å². The van der Waals surface area contributed by atoms with Gasteiger partial charge in [0.15, 0.2) is 13.2 Å². The fraction of sp³-hybridized carbons (Fsp3) is 0.261. The third kappa shape index (κ3) is 6.36. The van der Waals surface area contributed by atoms with E-state index in [9.17, 15) is 14.4 Å². The van der Waals surface area contributed by atoms with Gasteiger partial charge >= 0.3 is 5.97 Å². The van der Waals surface area contributed by atoms with Crippen LogP contribution in [-0.2, 0) is 14.3 Å². The van der Waals surface area contributed by atoms with Crippen molar-refractivity contribution in [2.24, 2.45) is 0 Å². The second-order valence-electron chi connectivity index (χ2n) is 6.78. The number of benzene rings is 2. The fourth-order valence-corrected chi connectivity index (χ4v) is 3.47. The molecule has 0 aliphatic carbocycles. The number of nitrogens with one attached hydrogen (secondary N) is 2. The number of amides is 1. The van der Waals surface area contributed by atoms with Gasteiger partial charge in [0.05, 0.1) is 0 Å². The Labute approximate surface area is 184 Å². The number of para-hydroxylation sites is 2. The Bertz CT molecular complexity index is 1030. The molecule has 1 heterocycles. The van der Waals surface area contributed by atoms with Crippen LogP contribution in [-0.4, -0.2) is 53.9 Å². The Kier molecular flexibility index (Phi) is 8.12. The largest absolute Gasteiger partial charge is 0.484 e. The van der Waals surface area contributed by atoms with Crippen molar-refractivity contribution < 1.29 is 23.9 Å². The van der Waals surface area contributed by atoms with Gasteiger partial charge in [-0.2, -0.15) is 11.8 Å². The van der Waals surface area contributed by atoms with E-state index < -0.39 is 24.5 Å². The molecule has 7 nitrogen and oxygen atoms in total. The molecule has 31 heavy (non-hydrogen) atoms. The summed E-state index contributed by atoms with van der Waals surface area (Å²) >= 11 is 1.55. The third-order valence-electron chi connectivity index (χ3n) is 4.58. The normalized spacial score (nSPS) is 11.6. The van der Waals surface area contributed by atoms with Crippen LogP contribution in [0, 0.1) is 0 Å². The second kappa shape index (κ2) is 11.2. The molecule has 1 unspecified atom stereocenters. The van der Waals surface area contributed by atoms with Gasteiger partial charge in [-0.3, -0.25) is 9.59 Å². The number of carbonyl (C=O) groups is 3. The number of ether oxygens (including phenoxy) is 2. The first-order valence-corrected chi connectivity index (χ1v) is 11.2. The number of esters is 1. The Morgan fingerprint density at radius 3 is 2.55 bits per heavy atom. The highest BCUT2D eigenvalue weighted by molar-refractivity contribution is 7.98. The minimum atomic E-state index is -0.852. The van der Waals surface area contributed by atoms with Crippen molar-refractivity contribution in [1.82, 2.24) is 10.3 Å². The molecule has 0 saturated heterocycles. The molecule has 1 atom stereocenters. The smallest absolute Gasteiger partial charge is 0.329 e. The molecule has 8 heteroatoms. The number of carbonyl (C=O) groups excluding carboxylic acids is 3. The molecule has 1 amide bonds. The molecule has 0 aliphatic rings. The van der Waals surface area contributed by atoms with Crippen LogP contribution in [0.15, 0.2) is 60.8 Å². The molecule has 2 aromatic carbocycles. The van der Waals surface area contributed by atoms with Crippen molar-refractivity contribution in [3.63, 3.8) is 0 Å².